The molecule has 3 aliphatic rings. The molecule has 0 aliphatic carbocycles. The van der Waals surface area contributed by atoms with Gasteiger partial charge in [0.15, 0.2) is 5.96 Å². The molecule has 3 fully saturated rings. The standard InChI is InChI=1S/C14H25N3O2.HI/c1-14(5-6-18-9-14)8-16-13(15-2)17-11-7-10-3-4-12(11)19-10;/h10-12H,3-9H2,1-2H3,(H2,15,16,17);1H. The average molecular weight is 395 g/mol. The number of fused-ring (bicyclic) bond motifs is 2. The van der Waals surface area contributed by atoms with E-state index >= 15 is 0 Å². The van der Waals surface area contributed by atoms with E-state index in [0.29, 0.717) is 18.2 Å². The molecule has 6 heteroatoms. The first-order valence-electron chi connectivity index (χ1n) is 7.39. The largest absolute Gasteiger partial charge is 0.381 e. The van der Waals surface area contributed by atoms with E-state index in [0.717, 1.165) is 38.6 Å². The molecule has 0 aromatic rings. The number of rotatable bonds is 3. The van der Waals surface area contributed by atoms with Crippen LogP contribution in [0.5, 0.6) is 0 Å². The predicted octanol–water partition coefficient (Wildman–Crippen LogP) is 1.52. The van der Waals surface area contributed by atoms with Crippen molar-refractivity contribution in [1.82, 2.24) is 10.6 Å². The lowest BCUT2D eigenvalue weighted by molar-refractivity contribution is 0.0992. The molecule has 3 saturated heterocycles. The quantitative estimate of drug-likeness (QED) is 0.432. The Balaban J connectivity index is 0.00000147. The highest BCUT2D eigenvalue weighted by Gasteiger charge is 2.41. The first kappa shape index (κ1) is 16.3. The van der Waals surface area contributed by atoms with Gasteiger partial charge in [0, 0.05) is 25.6 Å². The van der Waals surface area contributed by atoms with Crippen LogP contribution < -0.4 is 10.6 Å². The van der Waals surface area contributed by atoms with E-state index in [1.54, 1.807) is 0 Å². The van der Waals surface area contributed by atoms with E-state index in [1.165, 1.54) is 12.8 Å². The maximum atomic E-state index is 5.86. The predicted molar refractivity (Wildman–Crippen MR) is 89.8 cm³/mol. The Morgan fingerprint density at radius 2 is 2.25 bits per heavy atom. The Bertz CT molecular complexity index is 358. The zero-order valence-corrected chi connectivity index (χ0v) is 14.7. The summed E-state index contributed by atoms with van der Waals surface area (Å²) in [6, 6.07) is 0.428. The van der Waals surface area contributed by atoms with Crippen molar-refractivity contribution in [2.45, 2.75) is 50.9 Å². The molecule has 3 heterocycles. The fraction of sp³-hybridized carbons (Fsp3) is 0.929. The van der Waals surface area contributed by atoms with Crippen LogP contribution in [0.25, 0.3) is 0 Å². The summed E-state index contributed by atoms with van der Waals surface area (Å²) in [5.74, 6) is 0.897. The molecule has 20 heavy (non-hydrogen) atoms. The lowest BCUT2D eigenvalue weighted by Crippen LogP contribution is -2.49. The van der Waals surface area contributed by atoms with Crippen LogP contribution in [0.2, 0.25) is 0 Å². The van der Waals surface area contributed by atoms with Gasteiger partial charge in [0.25, 0.3) is 0 Å². The third kappa shape index (κ3) is 3.57. The molecular formula is C14H26IN3O2. The number of nitrogens with one attached hydrogen (secondary N) is 2. The monoisotopic (exact) mass is 395 g/mol. The number of halogens is 1. The average Bonchev–Trinajstić information content (AvgIpc) is 3.11. The maximum absolute atomic E-state index is 5.86. The van der Waals surface area contributed by atoms with Crippen molar-refractivity contribution in [3.8, 4) is 0 Å². The lowest BCUT2D eigenvalue weighted by atomic mass is 9.90. The summed E-state index contributed by atoms with van der Waals surface area (Å²) in [5, 5.41) is 6.95. The van der Waals surface area contributed by atoms with Crippen molar-refractivity contribution < 1.29 is 9.47 Å². The summed E-state index contributed by atoms with van der Waals surface area (Å²) in [6.07, 6.45) is 5.50. The van der Waals surface area contributed by atoms with Crippen LogP contribution in [0.4, 0.5) is 0 Å². The minimum absolute atomic E-state index is 0. The summed E-state index contributed by atoms with van der Waals surface area (Å²) in [7, 11) is 1.83. The number of aliphatic imine (C=N–C) groups is 1. The summed E-state index contributed by atoms with van der Waals surface area (Å²) < 4.78 is 11.3. The van der Waals surface area contributed by atoms with Crippen molar-refractivity contribution >= 4 is 29.9 Å². The molecule has 116 valence electrons. The van der Waals surface area contributed by atoms with Crippen molar-refractivity contribution in [3.05, 3.63) is 0 Å². The highest BCUT2D eigenvalue weighted by molar-refractivity contribution is 14.0. The van der Waals surface area contributed by atoms with E-state index in [9.17, 15) is 0 Å². The van der Waals surface area contributed by atoms with Crippen molar-refractivity contribution in [2.75, 3.05) is 26.8 Å². The molecule has 5 nitrogen and oxygen atoms in total. The van der Waals surface area contributed by atoms with Gasteiger partial charge in [-0.1, -0.05) is 6.92 Å². The van der Waals surface area contributed by atoms with Gasteiger partial charge in [0.2, 0.25) is 0 Å². The highest BCUT2D eigenvalue weighted by Crippen LogP contribution is 2.34. The lowest BCUT2D eigenvalue weighted by Gasteiger charge is -2.26. The molecule has 0 aromatic carbocycles. The van der Waals surface area contributed by atoms with Gasteiger partial charge in [0.05, 0.1) is 24.9 Å². The minimum atomic E-state index is 0. The van der Waals surface area contributed by atoms with Gasteiger partial charge in [-0.2, -0.15) is 0 Å². The van der Waals surface area contributed by atoms with Crippen LogP contribution in [0.1, 0.15) is 32.6 Å². The molecule has 0 amide bonds. The van der Waals surface area contributed by atoms with Gasteiger partial charge in [0.1, 0.15) is 0 Å². The Morgan fingerprint density at radius 3 is 2.80 bits per heavy atom. The second-order valence-electron chi connectivity index (χ2n) is 6.40. The smallest absolute Gasteiger partial charge is 0.191 e. The van der Waals surface area contributed by atoms with Crippen LogP contribution in [-0.2, 0) is 9.47 Å². The van der Waals surface area contributed by atoms with Crippen molar-refractivity contribution in [1.29, 1.82) is 0 Å². The Morgan fingerprint density at radius 1 is 1.40 bits per heavy atom. The molecule has 3 aliphatic heterocycles. The second-order valence-corrected chi connectivity index (χ2v) is 6.40. The minimum Gasteiger partial charge on any atom is -0.381 e. The van der Waals surface area contributed by atoms with Gasteiger partial charge in [-0.05, 0) is 25.7 Å². The Kier molecular flexibility index (Phi) is 5.53. The summed E-state index contributed by atoms with van der Waals surface area (Å²) >= 11 is 0. The van der Waals surface area contributed by atoms with Gasteiger partial charge >= 0.3 is 0 Å². The van der Waals surface area contributed by atoms with E-state index in [2.05, 4.69) is 22.5 Å². The van der Waals surface area contributed by atoms with E-state index in [1.807, 2.05) is 7.05 Å². The molecule has 0 radical (unpaired) electrons. The molecule has 4 atom stereocenters. The second kappa shape index (κ2) is 6.79. The summed E-state index contributed by atoms with van der Waals surface area (Å²) in [6.45, 7) is 4.90. The Hall–Kier alpha value is -0.0800. The van der Waals surface area contributed by atoms with Crippen molar-refractivity contribution in [3.63, 3.8) is 0 Å². The SMILES string of the molecule is CN=C(NCC1(C)CCOC1)NC1CC2CCC1O2.I. The topological polar surface area (TPSA) is 54.9 Å². The Labute approximate surface area is 138 Å². The zero-order valence-electron chi connectivity index (χ0n) is 12.4. The van der Waals surface area contributed by atoms with E-state index in [4.69, 9.17) is 9.47 Å². The third-order valence-corrected chi connectivity index (χ3v) is 4.63. The van der Waals surface area contributed by atoms with Gasteiger partial charge in [-0.3, -0.25) is 4.99 Å². The van der Waals surface area contributed by atoms with E-state index < -0.39 is 0 Å². The zero-order chi connectivity index (χ0) is 13.3. The molecule has 2 bridgehead atoms. The first-order valence-corrected chi connectivity index (χ1v) is 7.39. The maximum Gasteiger partial charge on any atom is 0.191 e. The van der Waals surface area contributed by atoms with Gasteiger partial charge in [-0.25, -0.2) is 0 Å². The summed E-state index contributed by atoms with van der Waals surface area (Å²) in [5.41, 5.74) is 0.239. The fourth-order valence-corrected chi connectivity index (χ4v) is 3.31. The fourth-order valence-electron chi connectivity index (χ4n) is 3.31. The van der Waals surface area contributed by atoms with Crippen LogP contribution in [0.15, 0.2) is 4.99 Å². The van der Waals surface area contributed by atoms with Gasteiger partial charge < -0.3 is 20.1 Å². The molecular weight excluding hydrogens is 369 g/mol. The molecule has 2 N–H and O–H groups in total. The molecule has 3 rings (SSSR count). The first-order chi connectivity index (χ1) is 9.18. The van der Waals surface area contributed by atoms with Crippen LogP contribution in [0.3, 0.4) is 0 Å². The third-order valence-electron chi connectivity index (χ3n) is 4.63. The normalized spacial score (nSPS) is 39.7. The molecule has 0 saturated carbocycles. The number of nitrogens with zero attached hydrogens (tertiary/aromatic N) is 1. The number of hydrogen-bond acceptors (Lipinski definition) is 3. The number of hydrogen-bond donors (Lipinski definition) is 2. The summed E-state index contributed by atoms with van der Waals surface area (Å²) in [4.78, 5) is 4.33. The van der Waals surface area contributed by atoms with Crippen LogP contribution >= 0.6 is 24.0 Å². The van der Waals surface area contributed by atoms with Crippen LogP contribution in [-0.4, -0.2) is 51.0 Å². The number of guanidine groups is 1. The highest BCUT2D eigenvalue weighted by atomic mass is 127. The molecule has 0 aromatic heterocycles. The molecule has 4 unspecified atom stereocenters. The van der Waals surface area contributed by atoms with Gasteiger partial charge in [-0.15, -0.1) is 24.0 Å². The molecule has 0 spiro atoms. The van der Waals surface area contributed by atoms with Crippen molar-refractivity contribution in [2.24, 2.45) is 10.4 Å². The van der Waals surface area contributed by atoms with E-state index in [-0.39, 0.29) is 29.4 Å². The van der Waals surface area contributed by atoms with Crippen LogP contribution in [0, 0.1) is 5.41 Å². The number of ether oxygens (including phenoxy) is 2.